The van der Waals surface area contributed by atoms with Crippen LogP contribution in [0.5, 0.6) is 0 Å². The minimum Gasteiger partial charge on any atom is -0.347 e. The molecule has 1 aliphatic heterocycles. The van der Waals surface area contributed by atoms with Crippen molar-refractivity contribution < 1.29 is 14.0 Å². The lowest BCUT2D eigenvalue weighted by Gasteiger charge is -2.20. The molecule has 17 heavy (non-hydrogen) atoms. The Balaban J connectivity index is 2.34. The third-order valence-corrected chi connectivity index (χ3v) is 2.73. The van der Waals surface area contributed by atoms with Crippen molar-refractivity contribution in [2.24, 2.45) is 0 Å². The van der Waals surface area contributed by atoms with Gasteiger partial charge in [-0.15, -0.1) is 0 Å². The molecule has 0 spiro atoms. The van der Waals surface area contributed by atoms with Crippen molar-refractivity contribution in [1.82, 2.24) is 5.32 Å². The highest BCUT2D eigenvalue weighted by molar-refractivity contribution is 6.31. The number of carbonyl (C=O) groups is 2. The number of hydrogen-bond donors (Lipinski definition) is 1. The number of hydrogen-bond acceptors (Lipinski definition) is 2. The van der Waals surface area contributed by atoms with Crippen LogP contribution in [0.4, 0.5) is 10.1 Å². The van der Waals surface area contributed by atoms with Crippen molar-refractivity contribution in [3.8, 4) is 0 Å². The smallest absolute Gasteiger partial charge is 0.246 e. The molecule has 0 atom stereocenters. The molecule has 0 radical (unpaired) electrons. The highest BCUT2D eigenvalue weighted by Gasteiger charge is 2.23. The van der Waals surface area contributed by atoms with Gasteiger partial charge < -0.3 is 10.2 Å². The molecule has 0 saturated carbocycles. The summed E-state index contributed by atoms with van der Waals surface area (Å²) in [6, 6.07) is 3.99. The number of nitrogens with one attached hydrogen (secondary N) is 1. The van der Waals surface area contributed by atoms with Crippen LogP contribution in [0.3, 0.4) is 0 Å². The van der Waals surface area contributed by atoms with E-state index >= 15 is 0 Å². The lowest BCUT2D eigenvalue weighted by atomic mass is 10.2. The number of rotatable bonds is 1. The van der Waals surface area contributed by atoms with Crippen LogP contribution in [-0.4, -0.2) is 24.9 Å². The second-order valence-corrected chi connectivity index (χ2v) is 4.10. The number of anilines is 1. The first-order valence-corrected chi connectivity index (χ1v) is 5.48. The molecule has 1 aliphatic rings. The van der Waals surface area contributed by atoms with Crippen LogP contribution in [0.2, 0.25) is 5.02 Å². The molecule has 1 aromatic rings. The minimum absolute atomic E-state index is 0.110. The average Bonchev–Trinajstić information content (AvgIpc) is 2.46. The first-order valence-electron chi connectivity index (χ1n) is 5.10. The maximum Gasteiger partial charge on any atom is 0.246 e. The molecular weight excluding hydrogens is 247 g/mol. The Kier molecular flexibility index (Phi) is 3.28. The van der Waals surface area contributed by atoms with E-state index in [1.165, 1.54) is 23.1 Å². The van der Waals surface area contributed by atoms with E-state index in [9.17, 15) is 14.0 Å². The Hall–Kier alpha value is -1.62. The van der Waals surface area contributed by atoms with Crippen molar-refractivity contribution >= 4 is 29.1 Å². The van der Waals surface area contributed by atoms with Crippen molar-refractivity contribution in [1.29, 1.82) is 0 Å². The molecule has 1 fully saturated rings. The topological polar surface area (TPSA) is 49.4 Å². The summed E-state index contributed by atoms with van der Waals surface area (Å²) >= 11 is 5.77. The standard InChI is InChI=1S/C11H10ClFN2O2/c12-7-1-2-8(13)9(5-7)15-4-3-10(16)14-6-11(15)17/h1-2,5H,3-4,6H2,(H,14,16). The molecule has 4 nitrogen and oxygen atoms in total. The Bertz CT molecular complexity index is 479. The molecule has 0 aromatic heterocycles. The minimum atomic E-state index is -0.530. The van der Waals surface area contributed by atoms with Gasteiger partial charge in [-0.25, -0.2) is 4.39 Å². The van der Waals surface area contributed by atoms with E-state index in [4.69, 9.17) is 11.6 Å². The molecular formula is C11H10ClFN2O2. The quantitative estimate of drug-likeness (QED) is 0.824. The summed E-state index contributed by atoms with van der Waals surface area (Å²) in [4.78, 5) is 24.1. The van der Waals surface area contributed by atoms with Crippen LogP contribution in [0.15, 0.2) is 18.2 Å². The van der Waals surface area contributed by atoms with Gasteiger partial charge in [0.15, 0.2) is 0 Å². The van der Waals surface area contributed by atoms with E-state index in [2.05, 4.69) is 5.32 Å². The van der Waals surface area contributed by atoms with Gasteiger partial charge in [0.25, 0.3) is 0 Å². The summed E-state index contributed by atoms with van der Waals surface area (Å²) in [5.74, 6) is -1.10. The van der Waals surface area contributed by atoms with Crippen LogP contribution in [0.25, 0.3) is 0 Å². The summed E-state index contributed by atoms with van der Waals surface area (Å²) in [7, 11) is 0. The summed E-state index contributed by atoms with van der Waals surface area (Å²) < 4.78 is 13.6. The van der Waals surface area contributed by atoms with Gasteiger partial charge in [-0.1, -0.05) is 11.6 Å². The molecule has 2 amide bonds. The van der Waals surface area contributed by atoms with E-state index in [0.29, 0.717) is 5.02 Å². The Morgan fingerprint density at radius 2 is 2.12 bits per heavy atom. The Morgan fingerprint density at radius 3 is 2.88 bits per heavy atom. The zero-order chi connectivity index (χ0) is 12.4. The number of amides is 2. The van der Waals surface area contributed by atoms with Gasteiger partial charge >= 0.3 is 0 Å². The zero-order valence-corrected chi connectivity index (χ0v) is 9.63. The first kappa shape index (κ1) is 11.9. The maximum atomic E-state index is 13.6. The second kappa shape index (κ2) is 4.71. The van der Waals surface area contributed by atoms with Crippen LogP contribution < -0.4 is 10.2 Å². The third-order valence-electron chi connectivity index (χ3n) is 2.50. The highest BCUT2D eigenvalue weighted by atomic mass is 35.5. The second-order valence-electron chi connectivity index (χ2n) is 3.67. The molecule has 6 heteroatoms. The predicted molar refractivity (Wildman–Crippen MR) is 61.4 cm³/mol. The number of halogens is 2. The van der Waals surface area contributed by atoms with Crippen LogP contribution in [-0.2, 0) is 9.59 Å². The van der Waals surface area contributed by atoms with Crippen molar-refractivity contribution in [3.05, 3.63) is 29.0 Å². The first-order chi connectivity index (χ1) is 8.08. The fraction of sp³-hybridized carbons (Fsp3) is 0.273. The van der Waals surface area contributed by atoms with E-state index < -0.39 is 5.82 Å². The third kappa shape index (κ3) is 2.55. The summed E-state index contributed by atoms with van der Waals surface area (Å²) in [6.45, 7) is 0.0344. The molecule has 1 aromatic carbocycles. The normalized spacial score (nSPS) is 16.7. The average molecular weight is 257 g/mol. The summed E-state index contributed by atoms with van der Waals surface area (Å²) in [5.41, 5.74) is 0.110. The van der Waals surface area contributed by atoms with Gasteiger partial charge in [0, 0.05) is 18.0 Å². The number of carbonyl (C=O) groups excluding carboxylic acids is 2. The predicted octanol–water partition coefficient (Wildman–Crippen LogP) is 1.33. The number of benzene rings is 1. The summed E-state index contributed by atoms with van der Waals surface area (Å²) in [6.07, 6.45) is 0.150. The van der Waals surface area contributed by atoms with E-state index in [1.54, 1.807) is 0 Å². The lowest BCUT2D eigenvalue weighted by molar-refractivity contribution is -0.123. The molecule has 0 bridgehead atoms. The van der Waals surface area contributed by atoms with E-state index in [0.717, 1.165) is 0 Å². The fourth-order valence-electron chi connectivity index (χ4n) is 1.64. The van der Waals surface area contributed by atoms with Gasteiger partial charge in [0.1, 0.15) is 5.82 Å². The monoisotopic (exact) mass is 256 g/mol. The molecule has 2 rings (SSSR count). The molecule has 1 N–H and O–H groups in total. The van der Waals surface area contributed by atoms with Gasteiger partial charge in [0.05, 0.1) is 12.2 Å². The Labute approximate surface area is 102 Å². The van der Waals surface area contributed by atoms with Crippen LogP contribution in [0.1, 0.15) is 6.42 Å². The Morgan fingerprint density at radius 1 is 1.35 bits per heavy atom. The molecule has 0 aliphatic carbocycles. The lowest BCUT2D eigenvalue weighted by Crippen LogP contribution is -2.35. The van der Waals surface area contributed by atoms with Gasteiger partial charge in [0.2, 0.25) is 11.8 Å². The fourth-order valence-corrected chi connectivity index (χ4v) is 1.81. The largest absolute Gasteiger partial charge is 0.347 e. The van der Waals surface area contributed by atoms with Crippen molar-refractivity contribution in [2.45, 2.75) is 6.42 Å². The van der Waals surface area contributed by atoms with Gasteiger partial charge in [-0.05, 0) is 18.2 Å². The molecule has 1 saturated heterocycles. The van der Waals surface area contributed by atoms with E-state index in [-0.39, 0.29) is 37.0 Å². The van der Waals surface area contributed by atoms with Crippen LogP contribution >= 0.6 is 11.6 Å². The number of nitrogens with zero attached hydrogens (tertiary/aromatic N) is 1. The summed E-state index contributed by atoms with van der Waals surface area (Å²) in [5, 5.41) is 2.79. The van der Waals surface area contributed by atoms with Crippen LogP contribution in [0, 0.1) is 5.82 Å². The van der Waals surface area contributed by atoms with Gasteiger partial charge in [-0.2, -0.15) is 0 Å². The van der Waals surface area contributed by atoms with Crippen molar-refractivity contribution in [3.63, 3.8) is 0 Å². The maximum absolute atomic E-state index is 13.6. The van der Waals surface area contributed by atoms with Crippen molar-refractivity contribution in [2.75, 3.05) is 18.0 Å². The zero-order valence-electron chi connectivity index (χ0n) is 8.87. The van der Waals surface area contributed by atoms with Gasteiger partial charge in [-0.3, -0.25) is 9.59 Å². The molecule has 0 unspecified atom stereocenters. The van der Waals surface area contributed by atoms with E-state index in [1.807, 2.05) is 0 Å². The molecule has 1 heterocycles. The SMILES string of the molecule is O=C1CCN(c2cc(Cl)ccc2F)C(=O)CN1. The highest BCUT2D eigenvalue weighted by Crippen LogP contribution is 2.24. The molecule has 90 valence electrons.